The van der Waals surface area contributed by atoms with Crippen LogP contribution >= 0.6 is 0 Å². The van der Waals surface area contributed by atoms with Gasteiger partial charge in [-0.25, -0.2) is 0 Å². The average molecular weight is 269 g/mol. The molecule has 2 aromatic heterocycles. The van der Waals surface area contributed by atoms with Crippen LogP contribution in [0.1, 0.15) is 18.9 Å². The molecule has 6 nitrogen and oxygen atoms in total. The number of aromatic nitrogens is 4. The Morgan fingerprint density at radius 1 is 1.20 bits per heavy atom. The minimum absolute atomic E-state index is 0.152. The number of ether oxygens (including phenoxy) is 1. The number of nitrogens with zero attached hydrogens (tertiary/aromatic N) is 3. The quantitative estimate of drug-likeness (QED) is 0.760. The number of nitrogen functional groups attached to an aromatic ring is 1. The maximum absolute atomic E-state index is 5.77. The summed E-state index contributed by atoms with van der Waals surface area (Å²) in [5, 5.41) is 7.38. The first kappa shape index (κ1) is 12.4. The number of fused-ring (bicyclic) bond motifs is 1. The van der Waals surface area contributed by atoms with Gasteiger partial charge in [-0.3, -0.25) is 5.10 Å². The third-order valence-electron chi connectivity index (χ3n) is 2.97. The van der Waals surface area contributed by atoms with Gasteiger partial charge in [0.05, 0.1) is 6.20 Å². The number of nitrogens with one attached hydrogen (secondary N) is 1. The summed E-state index contributed by atoms with van der Waals surface area (Å²) >= 11 is 0. The molecule has 6 heteroatoms. The van der Waals surface area contributed by atoms with E-state index in [0.29, 0.717) is 22.7 Å². The summed E-state index contributed by atoms with van der Waals surface area (Å²) in [5.41, 5.74) is 7.50. The van der Waals surface area contributed by atoms with Crippen molar-refractivity contribution in [2.24, 2.45) is 0 Å². The summed E-state index contributed by atoms with van der Waals surface area (Å²) in [7, 11) is 0. The van der Waals surface area contributed by atoms with Gasteiger partial charge in [0.1, 0.15) is 11.1 Å². The highest BCUT2D eigenvalue weighted by molar-refractivity contribution is 5.80. The van der Waals surface area contributed by atoms with Gasteiger partial charge in [0.15, 0.2) is 5.65 Å². The highest BCUT2D eigenvalue weighted by Gasteiger charge is 2.10. The maximum Gasteiger partial charge on any atom is 0.235 e. The van der Waals surface area contributed by atoms with E-state index in [9.17, 15) is 0 Å². The second kappa shape index (κ2) is 5.16. The van der Waals surface area contributed by atoms with Crippen molar-refractivity contribution in [2.75, 3.05) is 5.73 Å². The summed E-state index contributed by atoms with van der Waals surface area (Å²) in [6, 6.07) is 7.95. The molecule has 3 aromatic rings. The van der Waals surface area contributed by atoms with Crippen LogP contribution in [0, 0.1) is 0 Å². The standard InChI is InChI=1S/C14H15N5O/c1-2-3-9-4-6-10(7-5-9)20-13-11-8-16-19-12(11)17-14(15)18-13/h4-8H,2-3H2,1H3,(H3,15,16,17,18,19). The fraction of sp³-hybridized carbons (Fsp3) is 0.214. The Labute approximate surface area is 116 Å². The van der Waals surface area contributed by atoms with Crippen molar-refractivity contribution in [1.29, 1.82) is 0 Å². The molecule has 3 rings (SSSR count). The topological polar surface area (TPSA) is 89.7 Å². The van der Waals surface area contributed by atoms with Crippen LogP contribution in [-0.2, 0) is 6.42 Å². The van der Waals surface area contributed by atoms with Gasteiger partial charge in [0.25, 0.3) is 0 Å². The normalized spacial score (nSPS) is 10.8. The van der Waals surface area contributed by atoms with Crippen molar-refractivity contribution in [3.05, 3.63) is 36.0 Å². The van der Waals surface area contributed by atoms with E-state index in [0.717, 1.165) is 12.8 Å². The van der Waals surface area contributed by atoms with Gasteiger partial charge < -0.3 is 10.5 Å². The number of hydrogen-bond acceptors (Lipinski definition) is 5. The van der Waals surface area contributed by atoms with E-state index >= 15 is 0 Å². The second-order valence-corrected chi connectivity index (χ2v) is 4.52. The molecule has 0 saturated carbocycles. The van der Waals surface area contributed by atoms with Crippen LogP contribution in [0.4, 0.5) is 5.95 Å². The summed E-state index contributed by atoms with van der Waals surface area (Å²) < 4.78 is 5.77. The van der Waals surface area contributed by atoms with Gasteiger partial charge in [-0.15, -0.1) is 0 Å². The second-order valence-electron chi connectivity index (χ2n) is 4.52. The Morgan fingerprint density at radius 3 is 2.75 bits per heavy atom. The van der Waals surface area contributed by atoms with Crippen LogP contribution in [-0.4, -0.2) is 20.2 Å². The zero-order valence-corrected chi connectivity index (χ0v) is 11.1. The minimum atomic E-state index is 0.152. The Morgan fingerprint density at radius 2 is 2.00 bits per heavy atom. The first-order valence-electron chi connectivity index (χ1n) is 6.49. The van der Waals surface area contributed by atoms with E-state index in [-0.39, 0.29) is 5.95 Å². The third kappa shape index (κ3) is 2.40. The smallest absolute Gasteiger partial charge is 0.235 e. The zero-order valence-electron chi connectivity index (χ0n) is 11.1. The van der Waals surface area contributed by atoms with Gasteiger partial charge in [-0.05, 0) is 24.1 Å². The van der Waals surface area contributed by atoms with E-state index < -0.39 is 0 Å². The molecule has 0 spiro atoms. The molecular weight excluding hydrogens is 254 g/mol. The summed E-state index contributed by atoms with van der Waals surface area (Å²) in [5.74, 6) is 1.27. The molecule has 0 amide bonds. The van der Waals surface area contributed by atoms with Gasteiger partial charge in [-0.1, -0.05) is 25.5 Å². The molecule has 0 saturated heterocycles. The van der Waals surface area contributed by atoms with Crippen molar-refractivity contribution >= 4 is 17.0 Å². The Kier molecular flexibility index (Phi) is 3.20. The molecule has 0 unspecified atom stereocenters. The molecular formula is C14H15N5O. The predicted octanol–water partition coefficient (Wildman–Crippen LogP) is 2.68. The fourth-order valence-corrected chi connectivity index (χ4v) is 2.03. The third-order valence-corrected chi connectivity index (χ3v) is 2.97. The SMILES string of the molecule is CCCc1ccc(Oc2nc(N)nc3[nH]ncc23)cc1. The molecule has 0 aliphatic rings. The van der Waals surface area contributed by atoms with E-state index in [1.54, 1.807) is 6.20 Å². The molecule has 3 N–H and O–H groups in total. The van der Waals surface area contributed by atoms with Crippen LogP contribution in [0.2, 0.25) is 0 Å². The van der Waals surface area contributed by atoms with E-state index in [1.165, 1.54) is 5.56 Å². The van der Waals surface area contributed by atoms with Crippen molar-refractivity contribution in [3.63, 3.8) is 0 Å². The van der Waals surface area contributed by atoms with Crippen LogP contribution in [0.3, 0.4) is 0 Å². The molecule has 0 atom stereocenters. The molecule has 0 radical (unpaired) electrons. The van der Waals surface area contributed by atoms with E-state index in [1.807, 2.05) is 12.1 Å². The number of rotatable bonds is 4. The highest BCUT2D eigenvalue weighted by Crippen LogP contribution is 2.27. The summed E-state index contributed by atoms with van der Waals surface area (Å²) in [6.45, 7) is 2.16. The first-order valence-corrected chi connectivity index (χ1v) is 6.49. The lowest BCUT2D eigenvalue weighted by atomic mass is 10.1. The first-order chi connectivity index (χ1) is 9.76. The number of hydrogen-bond donors (Lipinski definition) is 2. The zero-order chi connectivity index (χ0) is 13.9. The number of nitrogens with two attached hydrogens (primary N) is 1. The van der Waals surface area contributed by atoms with Gasteiger partial charge >= 0.3 is 0 Å². The number of H-pyrrole nitrogens is 1. The van der Waals surface area contributed by atoms with Crippen molar-refractivity contribution in [1.82, 2.24) is 20.2 Å². The van der Waals surface area contributed by atoms with E-state index in [4.69, 9.17) is 10.5 Å². The number of benzene rings is 1. The molecule has 0 aliphatic heterocycles. The molecule has 0 aliphatic carbocycles. The lowest BCUT2D eigenvalue weighted by molar-refractivity contribution is 0.469. The van der Waals surface area contributed by atoms with Gasteiger partial charge in [-0.2, -0.15) is 15.1 Å². The van der Waals surface area contributed by atoms with Crippen LogP contribution in [0.25, 0.3) is 11.0 Å². The van der Waals surface area contributed by atoms with Crippen LogP contribution in [0.5, 0.6) is 11.6 Å². The lowest BCUT2D eigenvalue weighted by Gasteiger charge is -2.07. The van der Waals surface area contributed by atoms with Crippen LogP contribution < -0.4 is 10.5 Å². The highest BCUT2D eigenvalue weighted by atomic mass is 16.5. The molecule has 0 fully saturated rings. The van der Waals surface area contributed by atoms with E-state index in [2.05, 4.69) is 39.2 Å². The number of aromatic amines is 1. The molecule has 0 bridgehead atoms. The molecule has 1 aromatic carbocycles. The van der Waals surface area contributed by atoms with Crippen molar-refractivity contribution in [3.8, 4) is 11.6 Å². The fourth-order valence-electron chi connectivity index (χ4n) is 2.03. The summed E-state index contributed by atoms with van der Waals surface area (Å²) in [4.78, 5) is 8.16. The van der Waals surface area contributed by atoms with Crippen molar-refractivity contribution in [2.45, 2.75) is 19.8 Å². The van der Waals surface area contributed by atoms with Gasteiger partial charge in [0, 0.05) is 0 Å². The summed E-state index contributed by atoms with van der Waals surface area (Å²) in [6.07, 6.45) is 3.81. The monoisotopic (exact) mass is 269 g/mol. The molecule has 2 heterocycles. The minimum Gasteiger partial charge on any atom is -0.438 e. The maximum atomic E-state index is 5.77. The largest absolute Gasteiger partial charge is 0.438 e. The van der Waals surface area contributed by atoms with Crippen LogP contribution in [0.15, 0.2) is 30.5 Å². The Bertz CT molecular complexity index is 720. The lowest BCUT2D eigenvalue weighted by Crippen LogP contribution is -1.98. The number of anilines is 1. The van der Waals surface area contributed by atoms with Crippen molar-refractivity contribution < 1.29 is 4.74 Å². The Balaban J connectivity index is 1.90. The van der Waals surface area contributed by atoms with Gasteiger partial charge in [0.2, 0.25) is 11.8 Å². The number of aryl methyl sites for hydroxylation is 1. The molecule has 102 valence electrons. The predicted molar refractivity (Wildman–Crippen MR) is 76.6 cm³/mol. The average Bonchev–Trinajstić information content (AvgIpc) is 2.89. The Hall–Kier alpha value is -2.63. The molecule has 20 heavy (non-hydrogen) atoms.